The fourth-order valence-electron chi connectivity index (χ4n) is 1.39. The van der Waals surface area contributed by atoms with Gasteiger partial charge in [-0.3, -0.25) is 0 Å². The first-order valence-electron chi connectivity index (χ1n) is 5.22. The van der Waals surface area contributed by atoms with E-state index < -0.39 is 0 Å². The zero-order valence-corrected chi connectivity index (χ0v) is 10.4. The summed E-state index contributed by atoms with van der Waals surface area (Å²) in [5.41, 5.74) is 1.35. The van der Waals surface area contributed by atoms with Crippen molar-refractivity contribution < 1.29 is 0 Å². The molecule has 0 saturated heterocycles. The van der Waals surface area contributed by atoms with Crippen LogP contribution >= 0.6 is 0 Å². The third-order valence-electron chi connectivity index (χ3n) is 2.18. The SMILES string of the molecule is [SiH3]CCCCCC1=CC=CC=CN1. The van der Waals surface area contributed by atoms with Gasteiger partial charge in [-0.15, -0.1) is 0 Å². The van der Waals surface area contributed by atoms with Gasteiger partial charge in [0.25, 0.3) is 0 Å². The van der Waals surface area contributed by atoms with Gasteiger partial charge in [-0.25, -0.2) is 0 Å². The van der Waals surface area contributed by atoms with E-state index in [-0.39, 0.29) is 0 Å². The van der Waals surface area contributed by atoms with Crippen molar-refractivity contribution in [3.05, 3.63) is 36.2 Å². The number of rotatable bonds is 5. The molecule has 0 unspecified atom stereocenters. The molecule has 1 rings (SSSR count). The molecule has 2 heteroatoms. The highest BCUT2D eigenvalue weighted by atomic mass is 28.1. The fraction of sp³-hybridized carbons (Fsp3) is 0.455. The Kier molecular flexibility index (Phi) is 5.33. The summed E-state index contributed by atoms with van der Waals surface area (Å²) >= 11 is 0. The van der Waals surface area contributed by atoms with Gasteiger partial charge in [0.1, 0.15) is 0 Å². The predicted octanol–water partition coefficient (Wildman–Crippen LogP) is 1.89. The van der Waals surface area contributed by atoms with E-state index in [1.54, 1.807) is 0 Å². The third kappa shape index (κ3) is 4.73. The number of allylic oxidation sites excluding steroid dienone is 5. The lowest BCUT2D eigenvalue weighted by Crippen LogP contribution is -2.03. The summed E-state index contributed by atoms with van der Waals surface area (Å²) in [4.78, 5) is 0. The van der Waals surface area contributed by atoms with Gasteiger partial charge >= 0.3 is 0 Å². The van der Waals surface area contributed by atoms with Gasteiger partial charge < -0.3 is 5.32 Å². The van der Waals surface area contributed by atoms with Gasteiger partial charge in [0.2, 0.25) is 0 Å². The summed E-state index contributed by atoms with van der Waals surface area (Å²) < 4.78 is 0. The molecule has 0 fully saturated rings. The van der Waals surface area contributed by atoms with Crippen LogP contribution in [0.3, 0.4) is 0 Å². The smallest absolute Gasteiger partial charge is 0.0146 e. The summed E-state index contributed by atoms with van der Waals surface area (Å²) in [6.45, 7) is 0. The average Bonchev–Trinajstić information content (AvgIpc) is 2.41. The van der Waals surface area contributed by atoms with Gasteiger partial charge in [-0.1, -0.05) is 31.0 Å². The maximum atomic E-state index is 3.29. The van der Waals surface area contributed by atoms with Crippen molar-refractivity contribution in [3.63, 3.8) is 0 Å². The zero-order valence-electron chi connectivity index (χ0n) is 8.42. The molecular weight excluding hydrogens is 174 g/mol. The second-order valence-electron chi connectivity index (χ2n) is 3.39. The van der Waals surface area contributed by atoms with Gasteiger partial charge in [-0.2, -0.15) is 0 Å². The Hall–Kier alpha value is -0.763. The number of hydrogen-bond donors (Lipinski definition) is 1. The monoisotopic (exact) mass is 193 g/mol. The summed E-state index contributed by atoms with van der Waals surface area (Å²) in [6, 6.07) is 1.45. The molecule has 1 nitrogen and oxygen atoms in total. The highest BCUT2D eigenvalue weighted by Gasteiger charge is 1.94. The summed E-state index contributed by atoms with van der Waals surface area (Å²) in [5.74, 6) is 0. The van der Waals surface area contributed by atoms with Crippen LogP contribution < -0.4 is 5.32 Å². The van der Waals surface area contributed by atoms with Crippen LogP contribution in [-0.4, -0.2) is 10.2 Å². The second-order valence-corrected chi connectivity index (χ2v) is 4.39. The molecule has 1 heterocycles. The lowest BCUT2D eigenvalue weighted by atomic mass is 10.1. The molecular formula is C11H19NSi. The van der Waals surface area contributed by atoms with Crippen molar-refractivity contribution in [2.24, 2.45) is 0 Å². The molecule has 0 aliphatic carbocycles. The van der Waals surface area contributed by atoms with Crippen molar-refractivity contribution >= 4 is 10.2 Å². The Morgan fingerprint density at radius 1 is 1.08 bits per heavy atom. The molecule has 1 aliphatic rings. The topological polar surface area (TPSA) is 12.0 Å². The lowest BCUT2D eigenvalue weighted by molar-refractivity contribution is 0.696. The van der Waals surface area contributed by atoms with Crippen LogP contribution in [0.5, 0.6) is 0 Å². The van der Waals surface area contributed by atoms with Crippen LogP contribution in [0.4, 0.5) is 0 Å². The molecule has 0 bridgehead atoms. The Bertz CT molecular complexity index is 216. The molecule has 0 aromatic heterocycles. The molecule has 13 heavy (non-hydrogen) atoms. The Morgan fingerprint density at radius 2 is 2.00 bits per heavy atom. The molecule has 0 radical (unpaired) electrons. The quantitative estimate of drug-likeness (QED) is 0.519. The maximum Gasteiger partial charge on any atom is 0.0146 e. The van der Waals surface area contributed by atoms with Crippen LogP contribution in [0.1, 0.15) is 25.7 Å². The minimum atomic E-state index is 1.19. The average molecular weight is 193 g/mol. The second kappa shape index (κ2) is 6.72. The molecule has 0 spiro atoms. The van der Waals surface area contributed by atoms with Crippen molar-refractivity contribution in [2.75, 3.05) is 0 Å². The highest BCUT2D eigenvalue weighted by Crippen LogP contribution is 2.08. The van der Waals surface area contributed by atoms with Crippen molar-refractivity contribution in [1.82, 2.24) is 5.32 Å². The van der Waals surface area contributed by atoms with Gasteiger partial charge in [0.05, 0.1) is 0 Å². The minimum absolute atomic E-state index is 1.19. The summed E-state index contributed by atoms with van der Waals surface area (Å²) in [7, 11) is 1.36. The molecule has 0 aromatic carbocycles. The molecule has 0 aromatic rings. The van der Waals surface area contributed by atoms with Gasteiger partial charge in [-0.05, 0) is 25.0 Å². The largest absolute Gasteiger partial charge is 0.365 e. The van der Waals surface area contributed by atoms with E-state index in [0.717, 1.165) is 0 Å². The third-order valence-corrected chi connectivity index (χ3v) is 2.89. The number of unbranched alkanes of at least 4 members (excludes halogenated alkanes) is 2. The molecule has 0 saturated carbocycles. The van der Waals surface area contributed by atoms with Crippen LogP contribution in [-0.2, 0) is 0 Å². The Morgan fingerprint density at radius 3 is 2.85 bits per heavy atom. The van der Waals surface area contributed by atoms with E-state index in [9.17, 15) is 0 Å². The number of hydrogen-bond acceptors (Lipinski definition) is 1. The Balaban J connectivity index is 2.17. The van der Waals surface area contributed by atoms with Crippen molar-refractivity contribution in [2.45, 2.75) is 31.7 Å². The minimum Gasteiger partial charge on any atom is -0.365 e. The van der Waals surface area contributed by atoms with Crippen LogP contribution in [0.2, 0.25) is 6.04 Å². The summed E-state index contributed by atoms with van der Waals surface area (Å²) in [6.07, 6.45) is 15.7. The lowest BCUT2D eigenvalue weighted by Gasteiger charge is -2.05. The molecule has 1 N–H and O–H groups in total. The van der Waals surface area contributed by atoms with Crippen molar-refractivity contribution in [3.8, 4) is 0 Å². The van der Waals surface area contributed by atoms with Crippen LogP contribution in [0.15, 0.2) is 36.2 Å². The van der Waals surface area contributed by atoms with E-state index in [0.29, 0.717) is 0 Å². The molecule has 0 atom stereocenters. The first-order valence-corrected chi connectivity index (χ1v) is 6.64. The first kappa shape index (κ1) is 10.3. The zero-order chi connectivity index (χ0) is 9.36. The van der Waals surface area contributed by atoms with E-state index in [1.165, 1.54) is 47.7 Å². The van der Waals surface area contributed by atoms with E-state index in [2.05, 4.69) is 23.5 Å². The first-order chi connectivity index (χ1) is 6.43. The van der Waals surface area contributed by atoms with Crippen molar-refractivity contribution in [1.29, 1.82) is 0 Å². The molecule has 0 amide bonds. The molecule has 1 aliphatic heterocycles. The maximum absolute atomic E-state index is 3.29. The standard InChI is InChI=1S/C11H19NSi/c13-10-6-2-4-8-11-7-3-1-5-9-12-11/h1,3,5,7,9,12H,2,4,6,8,10H2,13H3. The van der Waals surface area contributed by atoms with Crippen LogP contribution in [0, 0.1) is 0 Å². The van der Waals surface area contributed by atoms with E-state index in [1.807, 2.05) is 12.3 Å². The van der Waals surface area contributed by atoms with Gasteiger partial charge in [0.15, 0.2) is 0 Å². The van der Waals surface area contributed by atoms with E-state index in [4.69, 9.17) is 0 Å². The Labute approximate surface area is 84.0 Å². The molecule has 72 valence electrons. The van der Waals surface area contributed by atoms with Crippen LogP contribution in [0.25, 0.3) is 0 Å². The van der Waals surface area contributed by atoms with E-state index >= 15 is 0 Å². The van der Waals surface area contributed by atoms with Gasteiger partial charge in [0, 0.05) is 22.1 Å². The fourth-order valence-corrected chi connectivity index (χ4v) is 1.89. The number of nitrogens with one attached hydrogen (secondary N) is 1. The normalized spacial score (nSPS) is 15.2. The highest BCUT2D eigenvalue weighted by molar-refractivity contribution is 6.08. The predicted molar refractivity (Wildman–Crippen MR) is 62.7 cm³/mol. The summed E-state index contributed by atoms with van der Waals surface area (Å²) in [5, 5.41) is 3.29.